The van der Waals surface area contributed by atoms with Crippen LogP contribution in [-0.2, 0) is 22.4 Å². The van der Waals surface area contributed by atoms with Crippen LogP contribution in [0.3, 0.4) is 0 Å². The van der Waals surface area contributed by atoms with E-state index < -0.39 is 11.8 Å². The lowest BCUT2D eigenvalue weighted by Gasteiger charge is -2.06. The summed E-state index contributed by atoms with van der Waals surface area (Å²) in [5, 5.41) is 9.73. The molecule has 0 bridgehead atoms. The number of phenols is 1. The van der Waals surface area contributed by atoms with E-state index in [4.69, 9.17) is 0 Å². The number of ketones is 1. The fourth-order valence-corrected chi connectivity index (χ4v) is 2.10. The topological polar surface area (TPSA) is 63.6 Å². The zero-order chi connectivity index (χ0) is 12.4. The summed E-state index contributed by atoms with van der Waals surface area (Å²) in [5.74, 6) is -1.83. The molecule has 90 valence electrons. The van der Waals surface area contributed by atoms with Gasteiger partial charge in [0.05, 0.1) is 12.2 Å². The van der Waals surface area contributed by atoms with Gasteiger partial charge in [0.2, 0.25) is 0 Å². The van der Waals surface area contributed by atoms with E-state index in [0.29, 0.717) is 0 Å². The molecule has 0 amide bonds. The molecule has 4 heteroatoms. The summed E-state index contributed by atoms with van der Waals surface area (Å²) in [5.41, 5.74) is 2.14. The number of aromatic hydroxyl groups is 1. The van der Waals surface area contributed by atoms with Crippen LogP contribution in [0.2, 0.25) is 0 Å². The Morgan fingerprint density at radius 1 is 1.29 bits per heavy atom. The number of Topliss-reactive ketones (excluding diaryl/α,β-unsaturated/α-hetero) is 1. The number of aryl methyl sites for hydroxylation is 2. The van der Waals surface area contributed by atoms with E-state index in [1.807, 2.05) is 0 Å². The predicted molar refractivity (Wildman–Crippen MR) is 61.1 cm³/mol. The van der Waals surface area contributed by atoms with Crippen molar-refractivity contribution < 1.29 is 19.4 Å². The lowest BCUT2D eigenvalue weighted by atomic mass is 10.0. The molecule has 1 aliphatic carbocycles. The van der Waals surface area contributed by atoms with E-state index in [0.717, 1.165) is 30.4 Å². The third-order valence-corrected chi connectivity index (χ3v) is 2.92. The first-order chi connectivity index (χ1) is 8.13. The standard InChI is InChI=1S/C13H14O4/c1-2-17-13(16)12(15)10-6-8-4-3-5-9(8)7-11(10)14/h6-7,14H,2-5H2,1H3. The van der Waals surface area contributed by atoms with Crippen LogP contribution in [0, 0.1) is 0 Å². The third kappa shape index (κ3) is 2.16. The molecule has 0 unspecified atom stereocenters. The van der Waals surface area contributed by atoms with E-state index in [2.05, 4.69) is 4.74 Å². The summed E-state index contributed by atoms with van der Waals surface area (Å²) >= 11 is 0. The Bertz CT molecular complexity index is 477. The molecule has 1 aromatic rings. The number of phenolic OH excluding ortho intramolecular Hbond substituents is 1. The van der Waals surface area contributed by atoms with Crippen molar-refractivity contribution in [1.82, 2.24) is 0 Å². The van der Waals surface area contributed by atoms with Gasteiger partial charge in [-0.05, 0) is 49.4 Å². The Balaban J connectivity index is 2.33. The van der Waals surface area contributed by atoms with Gasteiger partial charge < -0.3 is 9.84 Å². The number of carbonyl (C=O) groups excluding carboxylic acids is 2. The lowest BCUT2D eigenvalue weighted by molar-refractivity contribution is -0.137. The molecule has 4 nitrogen and oxygen atoms in total. The summed E-state index contributed by atoms with van der Waals surface area (Å²) in [6, 6.07) is 3.19. The minimum Gasteiger partial charge on any atom is -0.507 e. The number of hydrogen-bond donors (Lipinski definition) is 1. The Morgan fingerprint density at radius 2 is 1.94 bits per heavy atom. The molecule has 0 saturated carbocycles. The zero-order valence-corrected chi connectivity index (χ0v) is 9.66. The van der Waals surface area contributed by atoms with Crippen molar-refractivity contribution in [2.75, 3.05) is 6.61 Å². The van der Waals surface area contributed by atoms with Gasteiger partial charge in [0.25, 0.3) is 5.78 Å². The Hall–Kier alpha value is -1.84. The number of ether oxygens (including phenoxy) is 1. The predicted octanol–water partition coefficient (Wildman–Crippen LogP) is 1.63. The fraction of sp³-hybridized carbons (Fsp3) is 0.385. The summed E-state index contributed by atoms with van der Waals surface area (Å²) < 4.78 is 4.63. The molecule has 1 aliphatic rings. The smallest absolute Gasteiger partial charge is 0.379 e. The maximum absolute atomic E-state index is 11.7. The molecule has 17 heavy (non-hydrogen) atoms. The number of fused-ring (bicyclic) bond motifs is 1. The largest absolute Gasteiger partial charge is 0.507 e. The second-order valence-corrected chi connectivity index (χ2v) is 4.04. The molecule has 1 N–H and O–H groups in total. The second-order valence-electron chi connectivity index (χ2n) is 4.04. The van der Waals surface area contributed by atoms with E-state index in [1.54, 1.807) is 19.1 Å². The molecular weight excluding hydrogens is 220 g/mol. The van der Waals surface area contributed by atoms with Crippen LogP contribution in [0.5, 0.6) is 5.75 Å². The minimum absolute atomic E-state index is 0.0455. The van der Waals surface area contributed by atoms with Crippen LogP contribution in [0.4, 0.5) is 0 Å². The van der Waals surface area contributed by atoms with Gasteiger partial charge in [-0.3, -0.25) is 4.79 Å². The van der Waals surface area contributed by atoms with Gasteiger partial charge in [-0.25, -0.2) is 4.79 Å². The van der Waals surface area contributed by atoms with E-state index in [9.17, 15) is 14.7 Å². The summed E-state index contributed by atoms with van der Waals surface area (Å²) in [6.45, 7) is 1.78. The van der Waals surface area contributed by atoms with Gasteiger partial charge in [0, 0.05) is 0 Å². The molecule has 0 spiro atoms. The summed E-state index contributed by atoms with van der Waals surface area (Å²) in [4.78, 5) is 23.0. The molecule has 0 radical (unpaired) electrons. The molecule has 0 fully saturated rings. The molecule has 0 saturated heterocycles. The number of carbonyl (C=O) groups is 2. The van der Waals surface area contributed by atoms with E-state index in [-0.39, 0.29) is 17.9 Å². The van der Waals surface area contributed by atoms with Crippen LogP contribution < -0.4 is 0 Å². The third-order valence-electron chi connectivity index (χ3n) is 2.92. The van der Waals surface area contributed by atoms with Crippen LogP contribution in [-0.4, -0.2) is 23.5 Å². The van der Waals surface area contributed by atoms with Crippen molar-refractivity contribution in [1.29, 1.82) is 0 Å². The molecule has 0 heterocycles. The molecule has 2 rings (SSSR count). The number of esters is 1. The molecule has 0 aromatic heterocycles. The number of hydrogen-bond acceptors (Lipinski definition) is 4. The van der Waals surface area contributed by atoms with Crippen LogP contribution >= 0.6 is 0 Å². The lowest BCUT2D eigenvalue weighted by Crippen LogP contribution is -2.17. The number of benzene rings is 1. The maximum Gasteiger partial charge on any atom is 0.379 e. The summed E-state index contributed by atoms with van der Waals surface area (Å²) in [7, 11) is 0. The van der Waals surface area contributed by atoms with Crippen molar-refractivity contribution in [2.45, 2.75) is 26.2 Å². The first-order valence-corrected chi connectivity index (χ1v) is 5.69. The van der Waals surface area contributed by atoms with Gasteiger partial charge in [0.1, 0.15) is 5.75 Å². The highest BCUT2D eigenvalue weighted by molar-refractivity contribution is 6.41. The highest BCUT2D eigenvalue weighted by Crippen LogP contribution is 2.29. The normalized spacial score (nSPS) is 13.2. The zero-order valence-electron chi connectivity index (χ0n) is 9.66. The van der Waals surface area contributed by atoms with Crippen molar-refractivity contribution in [2.24, 2.45) is 0 Å². The highest BCUT2D eigenvalue weighted by Gasteiger charge is 2.23. The molecule has 0 aliphatic heterocycles. The van der Waals surface area contributed by atoms with Gasteiger partial charge in [-0.1, -0.05) is 0 Å². The van der Waals surface area contributed by atoms with Gasteiger partial charge in [-0.15, -0.1) is 0 Å². The maximum atomic E-state index is 11.7. The average molecular weight is 234 g/mol. The molecular formula is C13H14O4. The average Bonchev–Trinajstić information content (AvgIpc) is 2.74. The highest BCUT2D eigenvalue weighted by atomic mass is 16.5. The quantitative estimate of drug-likeness (QED) is 0.490. The Labute approximate surface area is 99.2 Å². The van der Waals surface area contributed by atoms with Crippen LogP contribution in [0.1, 0.15) is 34.8 Å². The summed E-state index contributed by atoms with van der Waals surface area (Å²) in [6.07, 6.45) is 2.82. The first kappa shape index (κ1) is 11.6. The monoisotopic (exact) mass is 234 g/mol. The van der Waals surface area contributed by atoms with E-state index in [1.165, 1.54) is 0 Å². The van der Waals surface area contributed by atoms with Gasteiger partial charge >= 0.3 is 5.97 Å². The van der Waals surface area contributed by atoms with Crippen LogP contribution in [0.15, 0.2) is 12.1 Å². The van der Waals surface area contributed by atoms with Gasteiger partial charge in [-0.2, -0.15) is 0 Å². The first-order valence-electron chi connectivity index (χ1n) is 5.69. The van der Waals surface area contributed by atoms with Crippen molar-refractivity contribution in [3.63, 3.8) is 0 Å². The van der Waals surface area contributed by atoms with Crippen molar-refractivity contribution >= 4 is 11.8 Å². The number of rotatable bonds is 3. The molecule has 1 aromatic carbocycles. The Morgan fingerprint density at radius 3 is 2.59 bits per heavy atom. The Kier molecular flexibility index (Phi) is 3.13. The van der Waals surface area contributed by atoms with Crippen molar-refractivity contribution in [3.8, 4) is 5.75 Å². The van der Waals surface area contributed by atoms with Crippen molar-refractivity contribution in [3.05, 3.63) is 28.8 Å². The minimum atomic E-state index is -0.916. The van der Waals surface area contributed by atoms with Crippen LogP contribution in [0.25, 0.3) is 0 Å². The molecule has 0 atom stereocenters. The second kappa shape index (κ2) is 4.57. The van der Waals surface area contributed by atoms with E-state index >= 15 is 0 Å². The SMILES string of the molecule is CCOC(=O)C(=O)c1cc2c(cc1O)CCC2. The van der Waals surface area contributed by atoms with Gasteiger partial charge in [0.15, 0.2) is 0 Å². The fourth-order valence-electron chi connectivity index (χ4n) is 2.10.